The standard InChI is InChI=1S/C13H14N4O/c18-10-12-14-13(16-8-4-5-9-16)15-17(12)11-6-2-1-3-7-11/h1-3,6-7,10H,4-5,8-9H2. The van der Waals surface area contributed by atoms with Gasteiger partial charge in [0.1, 0.15) is 0 Å². The van der Waals surface area contributed by atoms with Crippen molar-refractivity contribution < 1.29 is 4.79 Å². The molecule has 0 unspecified atom stereocenters. The zero-order valence-corrected chi connectivity index (χ0v) is 9.99. The Labute approximate surface area is 105 Å². The van der Waals surface area contributed by atoms with E-state index in [9.17, 15) is 4.79 Å². The van der Waals surface area contributed by atoms with E-state index in [2.05, 4.69) is 15.0 Å². The van der Waals surface area contributed by atoms with Crippen LogP contribution in [-0.2, 0) is 0 Å². The Balaban J connectivity index is 2.01. The van der Waals surface area contributed by atoms with Gasteiger partial charge in [-0.15, -0.1) is 5.10 Å². The molecule has 0 radical (unpaired) electrons. The number of aldehydes is 1. The zero-order chi connectivity index (χ0) is 12.4. The molecule has 1 saturated heterocycles. The summed E-state index contributed by atoms with van der Waals surface area (Å²) < 4.78 is 1.60. The fourth-order valence-electron chi connectivity index (χ4n) is 2.20. The first kappa shape index (κ1) is 11.0. The van der Waals surface area contributed by atoms with Gasteiger partial charge in [-0.3, -0.25) is 4.79 Å². The van der Waals surface area contributed by atoms with Gasteiger partial charge in [-0.2, -0.15) is 4.98 Å². The van der Waals surface area contributed by atoms with Gasteiger partial charge in [-0.25, -0.2) is 4.68 Å². The van der Waals surface area contributed by atoms with Gasteiger partial charge in [0, 0.05) is 13.1 Å². The van der Waals surface area contributed by atoms with Gasteiger partial charge in [-0.05, 0) is 25.0 Å². The third-order valence-corrected chi connectivity index (χ3v) is 3.12. The van der Waals surface area contributed by atoms with Gasteiger partial charge >= 0.3 is 0 Å². The van der Waals surface area contributed by atoms with Crippen molar-refractivity contribution in [3.8, 4) is 5.69 Å². The van der Waals surface area contributed by atoms with Crippen LogP contribution < -0.4 is 4.90 Å². The molecule has 0 spiro atoms. The van der Waals surface area contributed by atoms with Crippen molar-refractivity contribution in [1.29, 1.82) is 0 Å². The fraction of sp³-hybridized carbons (Fsp3) is 0.308. The predicted octanol–water partition coefficient (Wildman–Crippen LogP) is 1.68. The highest BCUT2D eigenvalue weighted by Gasteiger charge is 2.19. The lowest BCUT2D eigenvalue weighted by Gasteiger charge is -2.10. The topological polar surface area (TPSA) is 51.0 Å². The lowest BCUT2D eigenvalue weighted by Crippen LogP contribution is -2.19. The summed E-state index contributed by atoms with van der Waals surface area (Å²) in [4.78, 5) is 17.5. The predicted molar refractivity (Wildman–Crippen MR) is 68.2 cm³/mol. The maximum absolute atomic E-state index is 11.1. The van der Waals surface area contributed by atoms with Crippen LogP contribution in [0.25, 0.3) is 5.69 Å². The summed E-state index contributed by atoms with van der Waals surface area (Å²) in [6.07, 6.45) is 3.08. The van der Waals surface area contributed by atoms with Gasteiger partial charge in [0.25, 0.3) is 0 Å². The summed E-state index contributed by atoms with van der Waals surface area (Å²) in [6.45, 7) is 1.94. The Morgan fingerprint density at radius 1 is 1.11 bits per heavy atom. The van der Waals surface area contributed by atoms with Crippen molar-refractivity contribution in [2.24, 2.45) is 0 Å². The van der Waals surface area contributed by atoms with Crippen LogP contribution in [0.2, 0.25) is 0 Å². The molecule has 0 atom stereocenters. The number of aromatic nitrogens is 3. The number of carbonyl (C=O) groups excluding carboxylic acids is 1. The molecule has 0 saturated carbocycles. The summed E-state index contributed by atoms with van der Waals surface area (Å²) in [5, 5.41) is 4.43. The monoisotopic (exact) mass is 242 g/mol. The Bertz CT molecular complexity index is 543. The van der Waals surface area contributed by atoms with Crippen LogP contribution in [0.4, 0.5) is 5.95 Å². The minimum atomic E-state index is 0.350. The highest BCUT2D eigenvalue weighted by atomic mass is 16.1. The number of benzene rings is 1. The molecule has 1 aliphatic heterocycles. The van der Waals surface area contributed by atoms with Crippen molar-refractivity contribution in [2.75, 3.05) is 18.0 Å². The first-order valence-corrected chi connectivity index (χ1v) is 6.11. The van der Waals surface area contributed by atoms with Gasteiger partial charge in [0.15, 0.2) is 12.1 Å². The van der Waals surface area contributed by atoms with Crippen molar-refractivity contribution in [1.82, 2.24) is 14.8 Å². The molecule has 1 aromatic carbocycles. The van der Waals surface area contributed by atoms with Crippen molar-refractivity contribution in [2.45, 2.75) is 12.8 Å². The van der Waals surface area contributed by atoms with Crippen LogP contribution >= 0.6 is 0 Å². The molecule has 3 rings (SSSR count). The molecule has 1 aliphatic rings. The lowest BCUT2D eigenvalue weighted by molar-refractivity contribution is 0.111. The molecule has 92 valence electrons. The normalized spacial score (nSPS) is 15.0. The van der Waals surface area contributed by atoms with Crippen LogP contribution in [0.15, 0.2) is 30.3 Å². The molecular formula is C13H14N4O. The summed E-state index contributed by atoms with van der Waals surface area (Å²) in [6, 6.07) is 9.59. The fourth-order valence-corrected chi connectivity index (χ4v) is 2.20. The third kappa shape index (κ3) is 1.88. The van der Waals surface area contributed by atoms with Crippen LogP contribution in [0, 0.1) is 0 Å². The van der Waals surface area contributed by atoms with Crippen LogP contribution in [0.3, 0.4) is 0 Å². The maximum atomic E-state index is 11.1. The van der Waals surface area contributed by atoms with Crippen LogP contribution in [-0.4, -0.2) is 34.1 Å². The van der Waals surface area contributed by atoms with E-state index < -0.39 is 0 Å². The number of anilines is 1. The highest BCUT2D eigenvalue weighted by Crippen LogP contribution is 2.18. The van der Waals surface area contributed by atoms with Gasteiger partial charge < -0.3 is 4.90 Å². The van der Waals surface area contributed by atoms with Crippen LogP contribution in [0.1, 0.15) is 23.5 Å². The second kappa shape index (κ2) is 4.60. The molecule has 5 nitrogen and oxygen atoms in total. The number of para-hydroxylation sites is 1. The van der Waals surface area contributed by atoms with Crippen LogP contribution in [0.5, 0.6) is 0 Å². The number of nitrogens with zero attached hydrogens (tertiary/aromatic N) is 4. The Morgan fingerprint density at radius 3 is 2.50 bits per heavy atom. The van der Waals surface area contributed by atoms with Crippen molar-refractivity contribution in [3.05, 3.63) is 36.2 Å². The molecular weight excluding hydrogens is 228 g/mol. The molecule has 1 aromatic heterocycles. The minimum Gasteiger partial charge on any atom is -0.340 e. The average Bonchev–Trinajstić information content (AvgIpc) is 3.08. The molecule has 0 aliphatic carbocycles. The average molecular weight is 242 g/mol. The van der Waals surface area contributed by atoms with E-state index >= 15 is 0 Å². The first-order valence-electron chi connectivity index (χ1n) is 6.11. The highest BCUT2D eigenvalue weighted by molar-refractivity contribution is 5.71. The zero-order valence-electron chi connectivity index (χ0n) is 9.99. The molecule has 5 heteroatoms. The Kier molecular flexibility index (Phi) is 2.80. The molecule has 18 heavy (non-hydrogen) atoms. The Hall–Kier alpha value is -2.17. The molecule has 1 fully saturated rings. The summed E-state index contributed by atoms with van der Waals surface area (Å²) in [7, 11) is 0. The maximum Gasteiger partial charge on any atom is 0.245 e. The second-order valence-electron chi connectivity index (χ2n) is 4.33. The van der Waals surface area contributed by atoms with Gasteiger partial charge in [-0.1, -0.05) is 18.2 Å². The smallest absolute Gasteiger partial charge is 0.245 e. The largest absolute Gasteiger partial charge is 0.340 e. The van der Waals surface area contributed by atoms with Crippen molar-refractivity contribution in [3.63, 3.8) is 0 Å². The molecule has 2 heterocycles. The summed E-state index contributed by atoms with van der Waals surface area (Å²) >= 11 is 0. The number of carbonyl (C=O) groups is 1. The molecule has 0 N–H and O–H groups in total. The van der Waals surface area contributed by atoms with E-state index in [1.165, 1.54) is 0 Å². The number of hydrogen-bond donors (Lipinski definition) is 0. The third-order valence-electron chi connectivity index (χ3n) is 3.12. The van der Waals surface area contributed by atoms with E-state index in [1.807, 2.05) is 30.3 Å². The van der Waals surface area contributed by atoms with Gasteiger partial charge in [0.05, 0.1) is 5.69 Å². The van der Waals surface area contributed by atoms with E-state index in [0.717, 1.165) is 37.9 Å². The molecule has 0 bridgehead atoms. The first-order chi connectivity index (χ1) is 8.88. The molecule has 0 amide bonds. The van der Waals surface area contributed by atoms with Gasteiger partial charge in [0.2, 0.25) is 5.95 Å². The summed E-state index contributed by atoms with van der Waals surface area (Å²) in [5.74, 6) is 1.00. The van der Waals surface area contributed by atoms with E-state index in [0.29, 0.717) is 11.8 Å². The Morgan fingerprint density at radius 2 is 1.83 bits per heavy atom. The number of rotatable bonds is 3. The minimum absolute atomic E-state index is 0.350. The number of hydrogen-bond acceptors (Lipinski definition) is 4. The second-order valence-corrected chi connectivity index (χ2v) is 4.33. The molecule has 2 aromatic rings. The quantitative estimate of drug-likeness (QED) is 0.768. The van der Waals surface area contributed by atoms with E-state index in [-0.39, 0.29) is 0 Å². The summed E-state index contributed by atoms with van der Waals surface area (Å²) in [5.41, 5.74) is 0.859. The lowest BCUT2D eigenvalue weighted by atomic mass is 10.3. The van der Waals surface area contributed by atoms with Crippen molar-refractivity contribution >= 4 is 12.2 Å². The SMILES string of the molecule is O=Cc1nc(N2CCCC2)nn1-c1ccccc1. The van der Waals surface area contributed by atoms with E-state index in [4.69, 9.17) is 0 Å². The van der Waals surface area contributed by atoms with E-state index in [1.54, 1.807) is 4.68 Å².